The van der Waals surface area contributed by atoms with Crippen LogP contribution in [-0.4, -0.2) is 23.9 Å². The van der Waals surface area contributed by atoms with Crippen LogP contribution >= 0.6 is 0 Å². The first-order valence-corrected chi connectivity index (χ1v) is 2.92. The lowest BCUT2D eigenvalue weighted by Gasteiger charge is -2.05. The lowest BCUT2D eigenvalue weighted by molar-refractivity contribution is -0.182. The lowest BCUT2D eigenvalue weighted by Crippen LogP contribution is -2.19. The number of allylic oxidation sites excluding steroid dienone is 1. The maximum atomic E-state index is 11.4. The number of rotatable bonds is 2. The predicted octanol–water partition coefficient (Wildman–Crippen LogP) is 1.55. The molecule has 6 heteroatoms. The molecule has 0 aliphatic heterocycles. The fraction of sp³-hybridized carbons (Fsp3) is 0.500. The van der Waals surface area contributed by atoms with E-state index in [0.29, 0.717) is 6.08 Å². The normalized spacial score (nSPS) is 12.8. The number of aliphatic hydroxyl groups excluding tert-OH is 1. The van der Waals surface area contributed by atoms with E-state index >= 15 is 0 Å². The van der Waals surface area contributed by atoms with Crippen molar-refractivity contribution in [1.82, 2.24) is 0 Å². The molecule has 0 spiro atoms. The van der Waals surface area contributed by atoms with Crippen LogP contribution in [0, 0.1) is 0 Å². The second-order valence-corrected chi connectivity index (χ2v) is 2.01. The maximum absolute atomic E-state index is 11.4. The van der Waals surface area contributed by atoms with Crippen molar-refractivity contribution in [3.8, 4) is 0 Å². The molecule has 0 aromatic heterocycles. The number of alkyl halides is 3. The number of aliphatic hydroxyl groups is 1. The topological polar surface area (TPSA) is 46.5 Å². The Morgan fingerprint density at radius 3 is 2.42 bits per heavy atom. The van der Waals surface area contributed by atoms with E-state index in [4.69, 9.17) is 5.11 Å². The van der Waals surface area contributed by atoms with Gasteiger partial charge in [0.1, 0.15) is 0 Å². The smallest absolute Gasteiger partial charge is 0.422 e. The van der Waals surface area contributed by atoms with Crippen LogP contribution in [0.2, 0.25) is 0 Å². The highest BCUT2D eigenvalue weighted by Crippen LogP contribution is 2.14. The van der Waals surface area contributed by atoms with Crippen LogP contribution in [0.3, 0.4) is 0 Å². The van der Waals surface area contributed by atoms with Crippen LogP contribution in [0.5, 0.6) is 0 Å². The van der Waals surface area contributed by atoms with Crippen LogP contribution in [0.4, 0.5) is 13.2 Å². The maximum Gasteiger partial charge on any atom is 0.422 e. The minimum atomic E-state index is -4.53. The summed E-state index contributed by atoms with van der Waals surface area (Å²) in [6.07, 6.45) is -3.97. The van der Waals surface area contributed by atoms with E-state index in [2.05, 4.69) is 4.74 Å². The van der Waals surface area contributed by atoms with Crippen molar-refractivity contribution in [2.24, 2.45) is 0 Å². The molecule has 0 aromatic carbocycles. The molecular formula is C6H7F3O3. The van der Waals surface area contributed by atoms with Gasteiger partial charge >= 0.3 is 12.1 Å². The number of hydrogen-bond acceptors (Lipinski definition) is 3. The quantitative estimate of drug-likeness (QED) is 0.402. The summed E-state index contributed by atoms with van der Waals surface area (Å²) in [4.78, 5) is 10.3. The molecule has 0 saturated carbocycles. The average Bonchev–Trinajstić information content (AvgIpc) is 1.80. The van der Waals surface area contributed by atoms with Gasteiger partial charge in [0, 0.05) is 0 Å². The molecule has 0 amide bonds. The van der Waals surface area contributed by atoms with E-state index in [9.17, 15) is 18.0 Å². The largest absolute Gasteiger partial charge is 0.512 e. The Hall–Kier alpha value is -1.20. The second kappa shape index (κ2) is 3.99. The number of halogens is 3. The standard InChI is InChI=1S/C6H7F3O3/c1-4(10)2-5(11)12-3-6(7,8)9/h2,10H,3H2,1H3. The zero-order valence-corrected chi connectivity index (χ0v) is 6.18. The van der Waals surface area contributed by atoms with Gasteiger partial charge < -0.3 is 9.84 Å². The Bertz CT molecular complexity index is 191. The van der Waals surface area contributed by atoms with Crippen molar-refractivity contribution in [3.63, 3.8) is 0 Å². The highest BCUT2D eigenvalue weighted by Gasteiger charge is 2.29. The SMILES string of the molecule is CC(O)=CC(=O)OCC(F)(F)F. The molecule has 0 heterocycles. The molecule has 0 fully saturated rings. The third kappa shape index (κ3) is 6.91. The average molecular weight is 184 g/mol. The monoisotopic (exact) mass is 184 g/mol. The van der Waals surface area contributed by atoms with Gasteiger partial charge in [0.25, 0.3) is 0 Å². The van der Waals surface area contributed by atoms with E-state index in [1.165, 1.54) is 0 Å². The van der Waals surface area contributed by atoms with E-state index in [1.54, 1.807) is 0 Å². The van der Waals surface area contributed by atoms with Gasteiger partial charge in [0.15, 0.2) is 6.61 Å². The zero-order chi connectivity index (χ0) is 9.78. The van der Waals surface area contributed by atoms with E-state index in [1.807, 2.05) is 0 Å². The molecule has 0 aliphatic rings. The van der Waals surface area contributed by atoms with Crippen LogP contribution in [-0.2, 0) is 9.53 Å². The molecule has 0 aromatic rings. The van der Waals surface area contributed by atoms with Crippen molar-refractivity contribution in [3.05, 3.63) is 11.8 Å². The van der Waals surface area contributed by atoms with Crippen molar-refractivity contribution in [1.29, 1.82) is 0 Å². The molecule has 0 radical (unpaired) electrons. The van der Waals surface area contributed by atoms with Crippen LogP contribution in [0.1, 0.15) is 6.92 Å². The molecule has 70 valence electrons. The minimum absolute atomic E-state index is 0.401. The van der Waals surface area contributed by atoms with Crippen molar-refractivity contribution in [2.75, 3.05) is 6.61 Å². The first-order valence-electron chi connectivity index (χ1n) is 2.92. The summed E-state index contributed by atoms with van der Waals surface area (Å²) in [7, 11) is 0. The van der Waals surface area contributed by atoms with Crippen LogP contribution < -0.4 is 0 Å². The molecular weight excluding hydrogens is 177 g/mol. The van der Waals surface area contributed by atoms with E-state index in [0.717, 1.165) is 6.92 Å². The highest BCUT2D eigenvalue weighted by atomic mass is 19.4. The Morgan fingerprint density at radius 1 is 1.58 bits per heavy atom. The molecule has 12 heavy (non-hydrogen) atoms. The lowest BCUT2D eigenvalue weighted by atomic mass is 10.5. The molecule has 0 saturated heterocycles. The predicted molar refractivity (Wildman–Crippen MR) is 33.4 cm³/mol. The van der Waals surface area contributed by atoms with Gasteiger partial charge in [-0.15, -0.1) is 0 Å². The summed E-state index contributed by atoms with van der Waals surface area (Å²) in [5.74, 6) is -1.62. The number of carbonyl (C=O) groups is 1. The summed E-state index contributed by atoms with van der Waals surface area (Å²) in [5.41, 5.74) is 0. The van der Waals surface area contributed by atoms with Gasteiger partial charge in [-0.3, -0.25) is 0 Å². The highest BCUT2D eigenvalue weighted by molar-refractivity contribution is 5.82. The summed E-state index contributed by atoms with van der Waals surface area (Å²) in [6, 6.07) is 0. The van der Waals surface area contributed by atoms with Gasteiger partial charge in [0.05, 0.1) is 11.8 Å². The fourth-order valence-electron chi connectivity index (χ4n) is 0.365. The Kier molecular flexibility index (Phi) is 3.59. The van der Waals surface area contributed by atoms with E-state index < -0.39 is 24.5 Å². The molecule has 0 bridgehead atoms. The van der Waals surface area contributed by atoms with Crippen molar-refractivity contribution in [2.45, 2.75) is 13.1 Å². The molecule has 0 unspecified atom stereocenters. The molecule has 1 N–H and O–H groups in total. The van der Waals surface area contributed by atoms with E-state index in [-0.39, 0.29) is 0 Å². The van der Waals surface area contributed by atoms with Gasteiger partial charge in [0.2, 0.25) is 0 Å². The number of hydrogen-bond donors (Lipinski definition) is 1. The third-order valence-electron chi connectivity index (χ3n) is 0.705. The zero-order valence-electron chi connectivity index (χ0n) is 6.18. The van der Waals surface area contributed by atoms with Crippen LogP contribution in [0.15, 0.2) is 11.8 Å². The molecule has 0 aliphatic carbocycles. The first-order chi connectivity index (χ1) is 5.31. The van der Waals surface area contributed by atoms with Crippen LogP contribution in [0.25, 0.3) is 0 Å². The number of ether oxygens (including phenoxy) is 1. The number of carbonyl (C=O) groups excluding carboxylic acids is 1. The third-order valence-corrected chi connectivity index (χ3v) is 0.705. The second-order valence-electron chi connectivity index (χ2n) is 2.01. The van der Waals surface area contributed by atoms with Crippen molar-refractivity contribution < 1.29 is 27.8 Å². The molecule has 3 nitrogen and oxygen atoms in total. The summed E-state index contributed by atoms with van der Waals surface area (Å²) < 4.78 is 37.9. The first kappa shape index (κ1) is 10.8. The minimum Gasteiger partial charge on any atom is -0.512 e. The summed E-state index contributed by atoms with van der Waals surface area (Å²) >= 11 is 0. The Balaban J connectivity index is 3.81. The fourth-order valence-corrected chi connectivity index (χ4v) is 0.365. The Labute approximate surface area is 66.4 Å². The molecule has 0 atom stereocenters. The van der Waals surface area contributed by atoms with Gasteiger partial charge in [-0.1, -0.05) is 0 Å². The summed E-state index contributed by atoms with van der Waals surface area (Å²) in [5, 5.41) is 8.43. The van der Waals surface area contributed by atoms with Gasteiger partial charge in [-0.05, 0) is 6.92 Å². The number of esters is 1. The van der Waals surface area contributed by atoms with Crippen molar-refractivity contribution >= 4 is 5.97 Å². The van der Waals surface area contributed by atoms with Gasteiger partial charge in [-0.25, -0.2) is 4.79 Å². The summed E-state index contributed by atoms with van der Waals surface area (Å²) in [6.45, 7) is -0.496. The molecule has 0 rings (SSSR count). The van der Waals surface area contributed by atoms with Gasteiger partial charge in [-0.2, -0.15) is 13.2 Å². The Morgan fingerprint density at radius 2 is 2.08 bits per heavy atom.